The first-order chi connectivity index (χ1) is 13.2. The third-order valence-corrected chi connectivity index (χ3v) is 4.09. The summed E-state index contributed by atoms with van der Waals surface area (Å²) in [7, 11) is 0. The van der Waals surface area contributed by atoms with Crippen LogP contribution < -0.4 is 0 Å². The van der Waals surface area contributed by atoms with Crippen molar-refractivity contribution in [1.82, 2.24) is 30.3 Å². The summed E-state index contributed by atoms with van der Waals surface area (Å²) < 4.78 is 12.7. The number of benzene rings is 2. The van der Waals surface area contributed by atoms with Gasteiger partial charge in [0.1, 0.15) is 6.33 Å². The zero-order chi connectivity index (χ0) is 18.6. The van der Waals surface area contributed by atoms with Crippen molar-refractivity contribution in [3.05, 3.63) is 70.8 Å². The number of carbonyl (C=O) groups excluding carboxylic acids is 1. The van der Waals surface area contributed by atoms with E-state index in [1.54, 1.807) is 24.3 Å². The standard InChI is InChI=1S/C17H11BrN6O3/c18-12-5-3-4-11(8-12)16-20-15(27-21-16)9-26-17(25)13-6-1-2-7-14(13)24-10-19-22-23-24/h1-8,10H,9H2. The number of hydrogen-bond donors (Lipinski definition) is 0. The van der Waals surface area contributed by atoms with Gasteiger partial charge in [-0.25, -0.2) is 4.79 Å². The fraction of sp³-hybridized carbons (Fsp3) is 0.0588. The summed E-state index contributed by atoms with van der Waals surface area (Å²) >= 11 is 3.39. The SMILES string of the molecule is O=C(OCc1nc(-c2cccc(Br)c2)no1)c1ccccc1-n1cnnn1. The number of tetrazole rings is 1. The maximum atomic E-state index is 12.5. The predicted molar refractivity (Wildman–Crippen MR) is 95.7 cm³/mol. The van der Waals surface area contributed by atoms with Crippen LogP contribution in [0.15, 0.2) is 63.9 Å². The number of carbonyl (C=O) groups is 1. The third-order valence-electron chi connectivity index (χ3n) is 3.60. The molecule has 0 aliphatic heterocycles. The van der Waals surface area contributed by atoms with Gasteiger partial charge in [0, 0.05) is 10.0 Å². The first kappa shape index (κ1) is 17.0. The van der Waals surface area contributed by atoms with Crippen LogP contribution in [0.5, 0.6) is 0 Å². The molecule has 10 heteroatoms. The Labute approximate surface area is 161 Å². The molecule has 2 heterocycles. The molecular formula is C17H11BrN6O3. The van der Waals surface area contributed by atoms with E-state index >= 15 is 0 Å². The second-order valence-corrected chi connectivity index (χ2v) is 6.29. The first-order valence-electron chi connectivity index (χ1n) is 7.79. The van der Waals surface area contributed by atoms with Crippen molar-refractivity contribution >= 4 is 21.9 Å². The molecule has 0 radical (unpaired) electrons. The molecule has 0 fully saturated rings. The molecular weight excluding hydrogens is 416 g/mol. The van der Waals surface area contributed by atoms with Gasteiger partial charge in [0.05, 0.1) is 11.3 Å². The number of aromatic nitrogens is 6. The van der Waals surface area contributed by atoms with Crippen LogP contribution >= 0.6 is 15.9 Å². The summed E-state index contributed by atoms with van der Waals surface area (Å²) in [6, 6.07) is 14.3. The van der Waals surface area contributed by atoms with Gasteiger partial charge in [-0.3, -0.25) is 0 Å². The van der Waals surface area contributed by atoms with Gasteiger partial charge in [0.25, 0.3) is 5.89 Å². The third kappa shape index (κ3) is 3.75. The number of rotatable bonds is 5. The molecule has 0 aliphatic rings. The van der Waals surface area contributed by atoms with E-state index in [9.17, 15) is 4.79 Å². The first-order valence-corrected chi connectivity index (χ1v) is 8.58. The summed E-state index contributed by atoms with van der Waals surface area (Å²) in [5.41, 5.74) is 1.61. The highest BCUT2D eigenvalue weighted by Gasteiger charge is 2.17. The lowest BCUT2D eigenvalue weighted by molar-refractivity contribution is 0.0429. The van der Waals surface area contributed by atoms with Crippen LogP contribution in [-0.2, 0) is 11.3 Å². The van der Waals surface area contributed by atoms with Crippen LogP contribution in [0.25, 0.3) is 17.1 Å². The number of hydrogen-bond acceptors (Lipinski definition) is 8. The van der Waals surface area contributed by atoms with E-state index in [-0.39, 0.29) is 12.5 Å². The molecule has 134 valence electrons. The van der Waals surface area contributed by atoms with Crippen LogP contribution in [0, 0.1) is 0 Å². The number of esters is 1. The van der Waals surface area contributed by atoms with E-state index in [1.807, 2.05) is 24.3 Å². The van der Waals surface area contributed by atoms with Crippen LogP contribution in [0.3, 0.4) is 0 Å². The van der Waals surface area contributed by atoms with Crippen LogP contribution in [0.4, 0.5) is 0 Å². The Hall–Kier alpha value is -3.40. The van der Waals surface area contributed by atoms with Gasteiger partial charge < -0.3 is 9.26 Å². The van der Waals surface area contributed by atoms with Crippen molar-refractivity contribution in [2.24, 2.45) is 0 Å². The Morgan fingerprint density at radius 3 is 2.89 bits per heavy atom. The highest BCUT2D eigenvalue weighted by atomic mass is 79.9. The fourth-order valence-electron chi connectivity index (χ4n) is 2.38. The molecule has 2 aromatic heterocycles. The van der Waals surface area contributed by atoms with Crippen molar-refractivity contribution in [2.45, 2.75) is 6.61 Å². The van der Waals surface area contributed by atoms with Gasteiger partial charge in [-0.05, 0) is 34.7 Å². The Bertz CT molecular complexity index is 1080. The lowest BCUT2D eigenvalue weighted by Gasteiger charge is -2.07. The van der Waals surface area contributed by atoms with Crippen LogP contribution in [0.2, 0.25) is 0 Å². The number of ether oxygens (including phenoxy) is 1. The highest BCUT2D eigenvalue weighted by molar-refractivity contribution is 9.10. The van der Waals surface area contributed by atoms with E-state index in [0.29, 0.717) is 17.1 Å². The zero-order valence-electron chi connectivity index (χ0n) is 13.7. The molecule has 4 aromatic rings. The van der Waals surface area contributed by atoms with Crippen molar-refractivity contribution in [3.63, 3.8) is 0 Å². The summed E-state index contributed by atoms with van der Waals surface area (Å²) in [6.07, 6.45) is 1.40. The number of para-hydroxylation sites is 1. The van der Waals surface area contributed by atoms with E-state index < -0.39 is 5.97 Å². The number of nitrogens with zero attached hydrogens (tertiary/aromatic N) is 6. The Morgan fingerprint density at radius 1 is 1.19 bits per heavy atom. The van der Waals surface area contributed by atoms with Crippen molar-refractivity contribution in [2.75, 3.05) is 0 Å². The summed E-state index contributed by atoms with van der Waals surface area (Å²) in [5, 5.41) is 14.9. The monoisotopic (exact) mass is 426 g/mol. The van der Waals surface area contributed by atoms with E-state index in [0.717, 1.165) is 10.0 Å². The van der Waals surface area contributed by atoms with Gasteiger partial charge in [0.15, 0.2) is 6.61 Å². The topological polar surface area (TPSA) is 109 Å². The average molecular weight is 427 g/mol. The molecule has 2 aromatic carbocycles. The summed E-state index contributed by atoms with van der Waals surface area (Å²) in [6.45, 7) is -0.149. The second kappa shape index (κ2) is 7.46. The lowest BCUT2D eigenvalue weighted by Crippen LogP contribution is -2.10. The minimum Gasteiger partial charge on any atom is -0.452 e. The maximum absolute atomic E-state index is 12.5. The van der Waals surface area contributed by atoms with E-state index in [4.69, 9.17) is 9.26 Å². The molecule has 0 saturated carbocycles. The molecule has 0 amide bonds. The fourth-order valence-corrected chi connectivity index (χ4v) is 2.78. The van der Waals surface area contributed by atoms with Gasteiger partial charge in [0.2, 0.25) is 5.82 Å². The maximum Gasteiger partial charge on any atom is 0.340 e. The van der Waals surface area contributed by atoms with E-state index in [1.165, 1.54) is 11.0 Å². The molecule has 0 bridgehead atoms. The molecule has 4 rings (SSSR count). The molecule has 27 heavy (non-hydrogen) atoms. The van der Waals surface area contributed by atoms with Crippen molar-refractivity contribution < 1.29 is 14.1 Å². The number of halogens is 1. The largest absolute Gasteiger partial charge is 0.452 e. The quantitative estimate of drug-likeness (QED) is 0.448. The van der Waals surface area contributed by atoms with Gasteiger partial charge in [-0.2, -0.15) is 9.67 Å². The summed E-state index contributed by atoms with van der Waals surface area (Å²) in [5.74, 6) is 0.0537. The summed E-state index contributed by atoms with van der Waals surface area (Å²) in [4.78, 5) is 16.7. The normalized spacial score (nSPS) is 10.7. The van der Waals surface area contributed by atoms with Crippen LogP contribution in [0.1, 0.15) is 16.2 Å². The minimum atomic E-state index is -0.552. The van der Waals surface area contributed by atoms with Gasteiger partial charge in [-0.1, -0.05) is 45.4 Å². The van der Waals surface area contributed by atoms with Crippen LogP contribution in [-0.4, -0.2) is 36.3 Å². The molecule has 9 nitrogen and oxygen atoms in total. The molecule has 0 aliphatic carbocycles. The lowest BCUT2D eigenvalue weighted by atomic mass is 10.2. The zero-order valence-corrected chi connectivity index (χ0v) is 15.3. The Kier molecular flexibility index (Phi) is 4.71. The Morgan fingerprint density at radius 2 is 2.07 bits per heavy atom. The molecule has 0 unspecified atom stereocenters. The molecule has 0 N–H and O–H groups in total. The van der Waals surface area contributed by atoms with Crippen molar-refractivity contribution in [3.8, 4) is 17.1 Å². The smallest absolute Gasteiger partial charge is 0.340 e. The minimum absolute atomic E-state index is 0.149. The average Bonchev–Trinajstić information content (AvgIpc) is 3.38. The molecule has 0 atom stereocenters. The predicted octanol–water partition coefficient (Wildman–Crippen LogP) is 2.83. The molecule has 0 saturated heterocycles. The molecule has 0 spiro atoms. The second-order valence-electron chi connectivity index (χ2n) is 5.37. The van der Waals surface area contributed by atoms with Gasteiger partial charge >= 0.3 is 5.97 Å². The van der Waals surface area contributed by atoms with Gasteiger partial charge in [-0.15, -0.1) is 5.10 Å². The Balaban J connectivity index is 1.48. The van der Waals surface area contributed by atoms with E-state index in [2.05, 4.69) is 41.6 Å². The highest BCUT2D eigenvalue weighted by Crippen LogP contribution is 2.21. The van der Waals surface area contributed by atoms with Crippen molar-refractivity contribution in [1.29, 1.82) is 0 Å².